The average molecular weight is 283 g/mol. The molecule has 5 heteroatoms. The van der Waals surface area contributed by atoms with E-state index in [2.05, 4.69) is 9.97 Å². The zero-order valence-electron chi connectivity index (χ0n) is 11.7. The van der Waals surface area contributed by atoms with E-state index in [-0.39, 0.29) is 12.0 Å². The van der Waals surface area contributed by atoms with Crippen LogP contribution in [0.3, 0.4) is 0 Å². The molecule has 1 aliphatic rings. The zero-order chi connectivity index (χ0) is 14.5. The number of piperidine rings is 1. The normalized spacial score (nSPS) is 18.3. The maximum atomic E-state index is 12.4. The van der Waals surface area contributed by atoms with Gasteiger partial charge in [0.15, 0.2) is 0 Å². The Bertz CT molecular complexity index is 589. The van der Waals surface area contributed by atoms with Gasteiger partial charge >= 0.3 is 0 Å². The third-order valence-corrected chi connectivity index (χ3v) is 3.50. The van der Waals surface area contributed by atoms with E-state index in [1.807, 2.05) is 29.2 Å². The Morgan fingerprint density at radius 2 is 2.05 bits per heavy atom. The highest BCUT2D eigenvalue weighted by atomic mass is 16.5. The minimum absolute atomic E-state index is 0.0220. The molecule has 21 heavy (non-hydrogen) atoms. The number of nitrogens with zero attached hydrogens (tertiary/aromatic N) is 3. The molecule has 3 rings (SSSR count). The van der Waals surface area contributed by atoms with Crippen molar-refractivity contribution in [3.63, 3.8) is 0 Å². The molecule has 2 aromatic rings. The van der Waals surface area contributed by atoms with E-state index in [0.29, 0.717) is 12.2 Å². The molecule has 108 valence electrons. The number of ether oxygens (including phenoxy) is 1. The lowest BCUT2D eigenvalue weighted by Crippen LogP contribution is -2.44. The van der Waals surface area contributed by atoms with Crippen LogP contribution in [0.1, 0.15) is 23.3 Å². The van der Waals surface area contributed by atoms with Crippen molar-refractivity contribution in [2.75, 3.05) is 13.1 Å². The van der Waals surface area contributed by atoms with Gasteiger partial charge in [-0.2, -0.15) is 0 Å². The first-order valence-corrected chi connectivity index (χ1v) is 7.10. The smallest absolute Gasteiger partial charge is 0.272 e. The van der Waals surface area contributed by atoms with Crippen LogP contribution in [-0.2, 0) is 0 Å². The molecule has 0 radical (unpaired) electrons. The summed E-state index contributed by atoms with van der Waals surface area (Å²) in [6.45, 7) is 1.35. The summed E-state index contributed by atoms with van der Waals surface area (Å²) in [5.41, 5.74) is 0.488. The fourth-order valence-corrected chi connectivity index (χ4v) is 2.48. The molecule has 0 aliphatic carbocycles. The van der Waals surface area contributed by atoms with Gasteiger partial charge in [-0.3, -0.25) is 14.8 Å². The van der Waals surface area contributed by atoms with Gasteiger partial charge in [-0.25, -0.2) is 0 Å². The molecule has 5 nitrogen and oxygen atoms in total. The Kier molecular flexibility index (Phi) is 4.09. The van der Waals surface area contributed by atoms with E-state index in [1.165, 1.54) is 0 Å². The van der Waals surface area contributed by atoms with Gasteiger partial charge in [0, 0.05) is 25.1 Å². The molecular formula is C16H17N3O2. The van der Waals surface area contributed by atoms with Gasteiger partial charge in [0.1, 0.15) is 17.5 Å². The maximum absolute atomic E-state index is 12.4. The highest BCUT2D eigenvalue weighted by Gasteiger charge is 2.26. The van der Waals surface area contributed by atoms with Crippen LogP contribution in [0.25, 0.3) is 0 Å². The fourth-order valence-electron chi connectivity index (χ4n) is 2.48. The van der Waals surface area contributed by atoms with Crippen LogP contribution in [0.2, 0.25) is 0 Å². The summed E-state index contributed by atoms with van der Waals surface area (Å²) in [5, 5.41) is 0. The van der Waals surface area contributed by atoms with Crippen molar-refractivity contribution in [3.05, 3.63) is 54.6 Å². The van der Waals surface area contributed by atoms with Crippen LogP contribution in [0.4, 0.5) is 0 Å². The summed E-state index contributed by atoms with van der Waals surface area (Å²) in [4.78, 5) is 22.3. The minimum atomic E-state index is -0.0290. The number of amides is 1. The number of carbonyl (C=O) groups excluding carboxylic acids is 1. The van der Waals surface area contributed by atoms with Crippen LogP contribution < -0.4 is 4.74 Å². The molecule has 0 N–H and O–H groups in total. The summed E-state index contributed by atoms with van der Waals surface area (Å²) >= 11 is 0. The second-order valence-electron chi connectivity index (χ2n) is 5.03. The Morgan fingerprint density at radius 1 is 1.19 bits per heavy atom. The molecule has 0 aromatic carbocycles. The third kappa shape index (κ3) is 3.37. The summed E-state index contributed by atoms with van der Waals surface area (Å²) < 4.78 is 5.92. The number of likely N-dealkylation sites (tertiary alicyclic amines) is 1. The van der Waals surface area contributed by atoms with Crippen molar-refractivity contribution < 1.29 is 9.53 Å². The van der Waals surface area contributed by atoms with E-state index in [9.17, 15) is 4.79 Å². The van der Waals surface area contributed by atoms with Gasteiger partial charge in [-0.15, -0.1) is 0 Å². The predicted molar refractivity (Wildman–Crippen MR) is 78.0 cm³/mol. The van der Waals surface area contributed by atoms with Gasteiger partial charge < -0.3 is 9.64 Å². The Balaban J connectivity index is 1.64. The average Bonchev–Trinajstić information content (AvgIpc) is 2.56. The number of hydrogen-bond donors (Lipinski definition) is 0. The van der Waals surface area contributed by atoms with Crippen LogP contribution in [0, 0.1) is 0 Å². The Morgan fingerprint density at radius 3 is 2.81 bits per heavy atom. The summed E-state index contributed by atoms with van der Waals surface area (Å²) in [7, 11) is 0. The van der Waals surface area contributed by atoms with Crippen molar-refractivity contribution in [2.24, 2.45) is 0 Å². The monoisotopic (exact) mass is 283 g/mol. The van der Waals surface area contributed by atoms with Crippen LogP contribution in [-0.4, -0.2) is 40.0 Å². The molecule has 0 unspecified atom stereocenters. The highest BCUT2D eigenvalue weighted by Crippen LogP contribution is 2.18. The minimum Gasteiger partial charge on any atom is -0.488 e. The fraction of sp³-hybridized carbons (Fsp3) is 0.312. The lowest BCUT2D eigenvalue weighted by atomic mass is 10.1. The van der Waals surface area contributed by atoms with Crippen molar-refractivity contribution in [1.29, 1.82) is 0 Å². The van der Waals surface area contributed by atoms with Crippen molar-refractivity contribution in [1.82, 2.24) is 14.9 Å². The predicted octanol–water partition coefficient (Wildman–Crippen LogP) is 2.16. The third-order valence-electron chi connectivity index (χ3n) is 3.50. The van der Waals surface area contributed by atoms with Crippen molar-refractivity contribution >= 4 is 5.91 Å². The topological polar surface area (TPSA) is 55.3 Å². The lowest BCUT2D eigenvalue weighted by molar-refractivity contribution is 0.0532. The molecule has 0 saturated carbocycles. The van der Waals surface area contributed by atoms with Crippen LogP contribution in [0.15, 0.2) is 48.9 Å². The SMILES string of the molecule is O=C(c1ccccn1)N1CCC[C@H](Oc2ccncc2)C1. The van der Waals surface area contributed by atoms with Gasteiger partial charge in [0.2, 0.25) is 0 Å². The molecule has 1 amide bonds. The highest BCUT2D eigenvalue weighted by molar-refractivity contribution is 5.92. The molecule has 1 fully saturated rings. The van der Waals surface area contributed by atoms with Crippen LogP contribution in [0.5, 0.6) is 5.75 Å². The molecule has 0 spiro atoms. The van der Waals surface area contributed by atoms with Gasteiger partial charge in [0.25, 0.3) is 5.91 Å². The van der Waals surface area contributed by atoms with E-state index in [4.69, 9.17) is 4.74 Å². The molecule has 2 aromatic heterocycles. The molecule has 0 bridgehead atoms. The summed E-state index contributed by atoms with van der Waals surface area (Å²) in [6.07, 6.45) is 6.96. The summed E-state index contributed by atoms with van der Waals surface area (Å²) in [6, 6.07) is 9.05. The standard InChI is InChI=1S/C16H17N3O2/c20-16(15-5-1-2-8-18-15)19-11-3-4-14(12-19)21-13-6-9-17-10-7-13/h1-2,5-10,14H,3-4,11-12H2/t14-/m0/s1. The Hall–Kier alpha value is -2.43. The maximum Gasteiger partial charge on any atom is 0.272 e. The van der Waals surface area contributed by atoms with E-state index >= 15 is 0 Å². The van der Waals surface area contributed by atoms with E-state index in [1.54, 1.807) is 24.7 Å². The number of rotatable bonds is 3. The first-order chi connectivity index (χ1) is 10.3. The number of carbonyl (C=O) groups is 1. The van der Waals surface area contributed by atoms with E-state index in [0.717, 1.165) is 25.1 Å². The quantitative estimate of drug-likeness (QED) is 0.866. The largest absolute Gasteiger partial charge is 0.488 e. The van der Waals surface area contributed by atoms with Gasteiger partial charge in [-0.1, -0.05) is 6.07 Å². The van der Waals surface area contributed by atoms with Crippen molar-refractivity contribution in [2.45, 2.75) is 18.9 Å². The lowest BCUT2D eigenvalue weighted by Gasteiger charge is -2.32. The molecule has 1 saturated heterocycles. The molecule has 1 aliphatic heterocycles. The van der Waals surface area contributed by atoms with E-state index < -0.39 is 0 Å². The van der Waals surface area contributed by atoms with Gasteiger partial charge in [-0.05, 0) is 37.1 Å². The first-order valence-electron chi connectivity index (χ1n) is 7.10. The molecule has 3 heterocycles. The zero-order valence-corrected chi connectivity index (χ0v) is 11.7. The van der Waals surface area contributed by atoms with Gasteiger partial charge in [0.05, 0.1) is 6.54 Å². The number of hydrogen-bond acceptors (Lipinski definition) is 4. The molecule has 1 atom stereocenters. The molecular weight excluding hydrogens is 266 g/mol. The second-order valence-corrected chi connectivity index (χ2v) is 5.03. The first kappa shape index (κ1) is 13.5. The number of aromatic nitrogens is 2. The van der Waals surface area contributed by atoms with Crippen molar-refractivity contribution in [3.8, 4) is 5.75 Å². The summed E-state index contributed by atoms with van der Waals surface area (Å²) in [5.74, 6) is 0.765. The Labute approximate surface area is 123 Å². The second kappa shape index (κ2) is 6.35. The van der Waals surface area contributed by atoms with Crippen LogP contribution >= 0.6 is 0 Å². The number of pyridine rings is 2.